The van der Waals surface area contributed by atoms with Crippen molar-refractivity contribution in [1.82, 2.24) is 9.44 Å². The van der Waals surface area contributed by atoms with Crippen LogP contribution in [0.1, 0.15) is 36.8 Å². The van der Waals surface area contributed by atoms with Crippen LogP contribution in [0.3, 0.4) is 0 Å². The van der Waals surface area contributed by atoms with Gasteiger partial charge in [-0.05, 0) is 42.7 Å². The van der Waals surface area contributed by atoms with Gasteiger partial charge >= 0.3 is 5.97 Å². The molecule has 118 valence electrons. The van der Waals surface area contributed by atoms with Gasteiger partial charge in [-0.3, -0.25) is 9.59 Å². The van der Waals surface area contributed by atoms with Crippen molar-refractivity contribution in [3.05, 3.63) is 64.8 Å². The molecule has 0 aliphatic carbocycles. The third kappa shape index (κ3) is 2.10. The van der Waals surface area contributed by atoms with Crippen molar-refractivity contribution in [3.8, 4) is 0 Å². The molecule has 0 atom stereocenters. The molecule has 7 heteroatoms. The van der Waals surface area contributed by atoms with E-state index in [0.29, 0.717) is 10.4 Å². The molecular formula is C17H10N2O4S. The molecule has 0 fully saturated rings. The van der Waals surface area contributed by atoms with E-state index >= 15 is 0 Å². The summed E-state index contributed by atoms with van der Waals surface area (Å²) in [7, 11) is 0. The van der Waals surface area contributed by atoms with Crippen LogP contribution in [0.5, 0.6) is 0 Å². The molecule has 1 aliphatic rings. The van der Waals surface area contributed by atoms with Gasteiger partial charge in [0.2, 0.25) is 0 Å². The number of nitrogens with zero attached hydrogens (tertiary/aromatic N) is 2. The Morgan fingerprint density at radius 3 is 2.42 bits per heavy atom. The average molecular weight is 338 g/mol. The van der Waals surface area contributed by atoms with E-state index in [-0.39, 0.29) is 16.8 Å². The zero-order valence-corrected chi connectivity index (χ0v) is 13.3. The summed E-state index contributed by atoms with van der Waals surface area (Å²) in [4.78, 5) is 41.9. The fraction of sp³-hybridized carbons (Fsp3) is 0.0588. The summed E-state index contributed by atoms with van der Waals surface area (Å²) < 4.78 is 4.92. The van der Waals surface area contributed by atoms with Crippen molar-refractivity contribution in [2.75, 3.05) is 0 Å². The topological polar surface area (TPSA) is 76.6 Å². The molecule has 0 radical (unpaired) electrons. The SMILES string of the molecule is Cc1ccc2snc(C(=O)ON3C(=O)c4ccccc4C3=O)c2c1. The van der Waals surface area contributed by atoms with E-state index in [0.717, 1.165) is 21.8 Å². The Hall–Kier alpha value is -3.06. The first-order valence-corrected chi connectivity index (χ1v) is 7.90. The number of carbonyl (C=O) groups is 3. The lowest BCUT2D eigenvalue weighted by molar-refractivity contribution is -0.0586. The highest BCUT2D eigenvalue weighted by molar-refractivity contribution is 7.13. The molecule has 0 unspecified atom stereocenters. The highest BCUT2D eigenvalue weighted by Crippen LogP contribution is 2.27. The Kier molecular flexibility index (Phi) is 3.17. The molecule has 6 nitrogen and oxygen atoms in total. The van der Waals surface area contributed by atoms with Crippen LogP contribution in [0.2, 0.25) is 0 Å². The van der Waals surface area contributed by atoms with Crippen LogP contribution in [-0.4, -0.2) is 27.2 Å². The van der Waals surface area contributed by atoms with Gasteiger partial charge < -0.3 is 4.84 Å². The second-order valence-corrected chi connectivity index (χ2v) is 6.16. The van der Waals surface area contributed by atoms with Crippen LogP contribution in [0.15, 0.2) is 42.5 Å². The summed E-state index contributed by atoms with van der Waals surface area (Å²) in [6.07, 6.45) is 0. The lowest BCUT2D eigenvalue weighted by Crippen LogP contribution is -2.32. The lowest BCUT2D eigenvalue weighted by Gasteiger charge is -2.11. The van der Waals surface area contributed by atoms with Gasteiger partial charge in [-0.15, -0.1) is 0 Å². The average Bonchev–Trinajstić information content (AvgIpc) is 3.10. The van der Waals surface area contributed by atoms with E-state index in [2.05, 4.69) is 4.37 Å². The fourth-order valence-corrected chi connectivity index (χ4v) is 3.32. The van der Waals surface area contributed by atoms with Gasteiger partial charge in [-0.1, -0.05) is 28.8 Å². The molecule has 0 spiro atoms. The summed E-state index contributed by atoms with van der Waals surface area (Å²) in [6, 6.07) is 11.9. The molecule has 2 amide bonds. The molecule has 4 rings (SSSR count). The summed E-state index contributed by atoms with van der Waals surface area (Å²) in [6.45, 7) is 1.90. The predicted molar refractivity (Wildman–Crippen MR) is 86.7 cm³/mol. The zero-order valence-electron chi connectivity index (χ0n) is 12.5. The van der Waals surface area contributed by atoms with E-state index in [1.165, 1.54) is 12.1 Å². The van der Waals surface area contributed by atoms with Gasteiger partial charge in [-0.2, -0.15) is 4.37 Å². The summed E-state index contributed by atoms with van der Waals surface area (Å²) in [5, 5.41) is 1.13. The van der Waals surface area contributed by atoms with Gasteiger partial charge in [0.25, 0.3) is 11.8 Å². The quantitative estimate of drug-likeness (QED) is 0.671. The van der Waals surface area contributed by atoms with Crippen molar-refractivity contribution in [3.63, 3.8) is 0 Å². The van der Waals surface area contributed by atoms with Crippen LogP contribution in [0, 0.1) is 6.92 Å². The van der Waals surface area contributed by atoms with Crippen LogP contribution < -0.4 is 0 Å². The molecule has 3 aromatic rings. The normalized spacial score (nSPS) is 13.5. The Balaban J connectivity index is 1.66. The number of rotatable bonds is 2. The minimum absolute atomic E-state index is 0.0928. The number of imide groups is 1. The van der Waals surface area contributed by atoms with Crippen molar-refractivity contribution < 1.29 is 19.2 Å². The van der Waals surface area contributed by atoms with Crippen molar-refractivity contribution in [2.24, 2.45) is 0 Å². The number of aryl methyl sites for hydroxylation is 1. The van der Waals surface area contributed by atoms with Crippen molar-refractivity contribution in [2.45, 2.75) is 6.92 Å². The van der Waals surface area contributed by atoms with Gasteiger partial charge in [-0.25, -0.2) is 4.79 Å². The van der Waals surface area contributed by atoms with Crippen LogP contribution in [0.4, 0.5) is 0 Å². The number of amides is 2. The van der Waals surface area contributed by atoms with Gasteiger partial charge in [0, 0.05) is 5.39 Å². The standard InChI is InChI=1S/C17H10N2O4S/c1-9-6-7-13-12(8-9)14(18-24-13)17(22)23-19-15(20)10-4-2-3-5-11(10)16(19)21/h2-8H,1H3. The Bertz CT molecular complexity index is 989. The molecule has 2 heterocycles. The first kappa shape index (κ1) is 14.5. The summed E-state index contributed by atoms with van der Waals surface area (Å²) >= 11 is 1.16. The second kappa shape index (κ2) is 5.24. The highest BCUT2D eigenvalue weighted by Gasteiger charge is 2.39. The van der Waals surface area contributed by atoms with E-state index in [9.17, 15) is 14.4 Å². The smallest absolute Gasteiger partial charge is 0.322 e. The van der Waals surface area contributed by atoms with Gasteiger partial charge in [0.1, 0.15) is 0 Å². The number of hydrogen-bond acceptors (Lipinski definition) is 6. The summed E-state index contributed by atoms with van der Waals surface area (Å²) in [5.41, 5.74) is 1.50. The maximum Gasteiger partial charge on any atom is 0.383 e. The van der Waals surface area contributed by atoms with Crippen molar-refractivity contribution in [1.29, 1.82) is 0 Å². The molecule has 24 heavy (non-hydrogen) atoms. The molecule has 1 aromatic heterocycles. The van der Waals surface area contributed by atoms with E-state index < -0.39 is 17.8 Å². The third-order valence-corrected chi connectivity index (χ3v) is 4.58. The third-order valence-electron chi connectivity index (χ3n) is 3.75. The maximum atomic E-state index is 12.4. The molecule has 1 aliphatic heterocycles. The Morgan fingerprint density at radius 2 is 1.75 bits per heavy atom. The first-order chi connectivity index (χ1) is 11.6. The second-order valence-electron chi connectivity index (χ2n) is 5.36. The lowest BCUT2D eigenvalue weighted by atomic mass is 10.1. The largest absolute Gasteiger partial charge is 0.383 e. The van der Waals surface area contributed by atoms with Crippen LogP contribution >= 0.6 is 11.5 Å². The number of hydrogen-bond donors (Lipinski definition) is 0. The van der Waals surface area contributed by atoms with Gasteiger partial charge in [0.05, 0.1) is 15.8 Å². The molecule has 2 aromatic carbocycles. The van der Waals surface area contributed by atoms with Crippen LogP contribution in [-0.2, 0) is 4.84 Å². The Labute approximate surface area is 140 Å². The van der Waals surface area contributed by atoms with E-state index in [1.54, 1.807) is 12.1 Å². The predicted octanol–water partition coefficient (Wildman–Crippen LogP) is 2.97. The number of benzene rings is 2. The number of fused-ring (bicyclic) bond motifs is 2. The minimum Gasteiger partial charge on any atom is -0.322 e. The number of hydroxylamine groups is 2. The van der Waals surface area contributed by atoms with E-state index in [1.807, 2.05) is 25.1 Å². The fourth-order valence-electron chi connectivity index (χ4n) is 2.58. The number of carbonyl (C=O) groups excluding carboxylic acids is 3. The maximum absolute atomic E-state index is 12.4. The van der Waals surface area contributed by atoms with Gasteiger partial charge in [0.15, 0.2) is 5.69 Å². The first-order valence-electron chi connectivity index (χ1n) is 7.12. The molecule has 0 bridgehead atoms. The van der Waals surface area contributed by atoms with E-state index in [4.69, 9.17) is 4.84 Å². The molecule has 0 N–H and O–H groups in total. The molecule has 0 saturated heterocycles. The minimum atomic E-state index is -0.832. The van der Waals surface area contributed by atoms with Crippen LogP contribution in [0.25, 0.3) is 10.1 Å². The zero-order chi connectivity index (χ0) is 16.8. The summed E-state index contributed by atoms with van der Waals surface area (Å²) in [5.74, 6) is -2.14. The van der Waals surface area contributed by atoms with Crippen molar-refractivity contribution >= 4 is 39.4 Å². The highest BCUT2D eigenvalue weighted by atomic mass is 32.1. The molecule has 0 saturated carbocycles. The number of aromatic nitrogens is 1. The molecular weight excluding hydrogens is 328 g/mol. The Morgan fingerprint density at radius 1 is 1.08 bits per heavy atom. The monoisotopic (exact) mass is 338 g/mol.